The molecule has 1 aromatic carbocycles. The molecular weight excluding hydrogens is 398 g/mol. The van der Waals surface area contributed by atoms with Gasteiger partial charge in [-0.25, -0.2) is 8.42 Å². The minimum atomic E-state index is -3.39. The summed E-state index contributed by atoms with van der Waals surface area (Å²) in [6.07, 6.45) is 4.51. The van der Waals surface area contributed by atoms with Crippen molar-refractivity contribution in [3.8, 4) is 0 Å². The predicted octanol–water partition coefficient (Wildman–Crippen LogP) is 2.33. The number of carbonyl (C=O) groups excluding carboxylic acids is 1. The maximum Gasteiger partial charge on any atom is 0.241 e. The molecule has 1 N–H and O–H groups in total. The maximum atomic E-state index is 12.6. The number of halogens is 1. The summed E-state index contributed by atoms with van der Waals surface area (Å²) in [4.78, 5) is 17.3. The topological polar surface area (TPSA) is 69.7 Å². The minimum absolute atomic E-state index is 0.307. The molecule has 1 amide bonds. The van der Waals surface area contributed by atoms with Crippen LogP contribution in [0.5, 0.6) is 0 Å². The normalized spacial score (nSPS) is 20.3. The van der Waals surface area contributed by atoms with Gasteiger partial charge in [-0.1, -0.05) is 30.5 Å². The first kappa shape index (κ1) is 21.4. The summed E-state index contributed by atoms with van der Waals surface area (Å²) >= 11 is 6.08. The molecule has 28 heavy (non-hydrogen) atoms. The predicted molar refractivity (Wildman–Crippen MR) is 114 cm³/mol. The molecule has 1 aliphatic carbocycles. The largest absolute Gasteiger partial charge is 0.369 e. The molecule has 0 radical (unpaired) electrons. The summed E-state index contributed by atoms with van der Waals surface area (Å²) < 4.78 is 23.1. The molecule has 6 nitrogen and oxygen atoms in total. The molecule has 2 aliphatic rings. The Balaban J connectivity index is 1.40. The molecule has 0 spiro atoms. The Kier molecular flexibility index (Phi) is 6.89. The van der Waals surface area contributed by atoms with Crippen molar-refractivity contribution in [3.63, 3.8) is 0 Å². The lowest BCUT2D eigenvalue weighted by Crippen LogP contribution is -2.51. The Bertz CT molecular complexity index is 786. The van der Waals surface area contributed by atoms with E-state index in [1.54, 1.807) is 0 Å². The van der Waals surface area contributed by atoms with E-state index in [0.29, 0.717) is 19.4 Å². The second kappa shape index (κ2) is 9.01. The lowest BCUT2D eigenvalue weighted by atomic mass is 10.1. The molecule has 3 rings (SSSR count). The number of hydrogen-bond acceptors (Lipinski definition) is 5. The number of carbonyl (C=O) groups is 1. The summed E-state index contributed by atoms with van der Waals surface area (Å²) in [5.41, 5.74) is 1.15. The monoisotopic (exact) mass is 427 g/mol. The lowest BCUT2D eigenvalue weighted by molar-refractivity contribution is -0.123. The van der Waals surface area contributed by atoms with Crippen LogP contribution in [0.25, 0.3) is 0 Å². The van der Waals surface area contributed by atoms with E-state index in [4.69, 9.17) is 11.6 Å². The van der Waals surface area contributed by atoms with Crippen molar-refractivity contribution < 1.29 is 13.2 Å². The fourth-order valence-corrected chi connectivity index (χ4v) is 5.90. The third kappa shape index (κ3) is 4.81. The molecule has 8 heteroatoms. The second-order valence-electron chi connectivity index (χ2n) is 7.89. The van der Waals surface area contributed by atoms with Crippen LogP contribution >= 0.6 is 11.6 Å². The Hall–Kier alpha value is -1.31. The molecule has 1 aromatic rings. The van der Waals surface area contributed by atoms with Crippen molar-refractivity contribution in [2.75, 3.05) is 50.4 Å². The average molecular weight is 428 g/mol. The van der Waals surface area contributed by atoms with Crippen LogP contribution in [-0.2, 0) is 14.6 Å². The Morgan fingerprint density at radius 2 is 1.86 bits per heavy atom. The molecule has 0 aromatic heterocycles. The Morgan fingerprint density at radius 1 is 1.18 bits per heavy atom. The first-order valence-electron chi connectivity index (χ1n) is 10.0. The van der Waals surface area contributed by atoms with Gasteiger partial charge in [0, 0.05) is 49.7 Å². The zero-order valence-corrected chi connectivity index (χ0v) is 18.1. The number of nitrogens with one attached hydrogen (secondary N) is 1. The summed E-state index contributed by atoms with van der Waals surface area (Å²) in [5.74, 6) is -0.307. The van der Waals surface area contributed by atoms with Crippen LogP contribution in [0, 0.1) is 0 Å². The molecule has 1 aliphatic heterocycles. The van der Waals surface area contributed by atoms with E-state index < -0.39 is 14.6 Å². The minimum Gasteiger partial charge on any atom is -0.369 e. The average Bonchev–Trinajstić information content (AvgIpc) is 3.17. The van der Waals surface area contributed by atoms with Gasteiger partial charge in [0.15, 0.2) is 9.84 Å². The number of hydrogen-bond donors (Lipinski definition) is 1. The molecule has 0 atom stereocenters. The molecule has 156 valence electrons. The summed E-state index contributed by atoms with van der Waals surface area (Å²) in [6, 6.07) is 7.93. The first-order valence-corrected chi connectivity index (χ1v) is 12.3. The third-order valence-corrected chi connectivity index (χ3v) is 8.27. The highest BCUT2D eigenvalue weighted by Gasteiger charge is 2.49. The van der Waals surface area contributed by atoms with E-state index in [1.807, 2.05) is 18.2 Å². The maximum absolute atomic E-state index is 12.6. The zero-order chi connectivity index (χ0) is 20.2. The van der Waals surface area contributed by atoms with Gasteiger partial charge in [-0.2, -0.15) is 0 Å². The van der Waals surface area contributed by atoms with Gasteiger partial charge in [0.2, 0.25) is 5.91 Å². The van der Waals surface area contributed by atoms with E-state index in [2.05, 4.69) is 21.2 Å². The zero-order valence-electron chi connectivity index (χ0n) is 16.5. The fraction of sp³-hybridized carbons (Fsp3) is 0.650. The van der Waals surface area contributed by atoms with Crippen LogP contribution < -0.4 is 10.2 Å². The highest BCUT2D eigenvalue weighted by atomic mass is 35.5. The van der Waals surface area contributed by atoms with E-state index in [1.165, 1.54) is 6.26 Å². The first-order chi connectivity index (χ1) is 13.3. The Labute approximate surface area is 173 Å². The number of rotatable bonds is 7. The third-order valence-electron chi connectivity index (χ3n) is 6.02. The number of benzene rings is 1. The summed E-state index contributed by atoms with van der Waals surface area (Å²) in [7, 11) is -3.39. The van der Waals surface area contributed by atoms with Gasteiger partial charge < -0.3 is 10.2 Å². The fourth-order valence-electron chi connectivity index (χ4n) is 4.28. The van der Waals surface area contributed by atoms with Gasteiger partial charge in [0.1, 0.15) is 4.75 Å². The lowest BCUT2D eigenvalue weighted by Gasteiger charge is -2.36. The molecule has 1 saturated carbocycles. The highest BCUT2D eigenvalue weighted by molar-refractivity contribution is 7.92. The van der Waals surface area contributed by atoms with Crippen LogP contribution in [0.3, 0.4) is 0 Å². The number of piperazine rings is 1. The van der Waals surface area contributed by atoms with Gasteiger partial charge >= 0.3 is 0 Å². The molecule has 1 saturated heterocycles. The summed E-state index contributed by atoms with van der Waals surface area (Å²) in [6.45, 7) is 5.25. The molecular formula is C20H30ClN3O3S. The van der Waals surface area contributed by atoms with Gasteiger partial charge in [-0.3, -0.25) is 9.69 Å². The smallest absolute Gasteiger partial charge is 0.241 e. The molecule has 2 fully saturated rings. The van der Waals surface area contributed by atoms with E-state index >= 15 is 0 Å². The van der Waals surface area contributed by atoms with Crippen LogP contribution in [-0.4, -0.2) is 69.5 Å². The van der Waals surface area contributed by atoms with E-state index in [9.17, 15) is 13.2 Å². The van der Waals surface area contributed by atoms with E-state index in [0.717, 1.165) is 62.7 Å². The van der Waals surface area contributed by atoms with E-state index in [-0.39, 0.29) is 5.91 Å². The number of amides is 1. The second-order valence-corrected chi connectivity index (χ2v) is 10.7. The molecule has 1 heterocycles. The van der Waals surface area contributed by atoms with Crippen molar-refractivity contribution in [2.45, 2.75) is 36.9 Å². The van der Waals surface area contributed by atoms with Crippen molar-refractivity contribution in [3.05, 3.63) is 29.3 Å². The Morgan fingerprint density at radius 3 is 2.46 bits per heavy atom. The standard InChI is InChI=1S/C20H30ClN3O3S/c1-28(26,27)20(8-2-3-9-20)19(25)22-10-5-11-23-12-14-24(15-13-23)18-7-4-6-17(21)16-18/h4,6-7,16H,2-3,5,8-15H2,1H3,(H,22,25). The van der Waals surface area contributed by atoms with Crippen molar-refractivity contribution in [1.82, 2.24) is 10.2 Å². The quantitative estimate of drug-likeness (QED) is 0.676. The summed E-state index contributed by atoms with van der Waals surface area (Å²) in [5, 5.41) is 3.64. The molecule has 0 bridgehead atoms. The number of sulfone groups is 1. The molecule has 0 unspecified atom stereocenters. The van der Waals surface area contributed by atoms with Gasteiger partial charge in [0.25, 0.3) is 0 Å². The van der Waals surface area contributed by atoms with Gasteiger partial charge in [0.05, 0.1) is 0 Å². The van der Waals surface area contributed by atoms with Gasteiger partial charge in [-0.05, 0) is 44.0 Å². The number of nitrogens with zero attached hydrogens (tertiary/aromatic N) is 2. The van der Waals surface area contributed by atoms with Crippen LogP contribution in [0.1, 0.15) is 32.1 Å². The van der Waals surface area contributed by atoms with Crippen molar-refractivity contribution >= 4 is 33.0 Å². The van der Waals surface area contributed by atoms with Crippen molar-refractivity contribution in [2.24, 2.45) is 0 Å². The van der Waals surface area contributed by atoms with Crippen LogP contribution in [0.4, 0.5) is 5.69 Å². The highest BCUT2D eigenvalue weighted by Crippen LogP contribution is 2.36. The number of anilines is 1. The van der Waals surface area contributed by atoms with Crippen LogP contribution in [0.2, 0.25) is 5.02 Å². The van der Waals surface area contributed by atoms with Gasteiger partial charge in [-0.15, -0.1) is 0 Å². The van der Waals surface area contributed by atoms with Crippen LogP contribution in [0.15, 0.2) is 24.3 Å². The SMILES string of the molecule is CS(=O)(=O)C1(C(=O)NCCCN2CCN(c3cccc(Cl)c3)CC2)CCCC1. The van der Waals surface area contributed by atoms with Crippen molar-refractivity contribution in [1.29, 1.82) is 0 Å².